The SMILES string of the molecule is O=C(NCC(c1ccccc1)c1ccccc1)Nc1cccc2ccccc12. The van der Waals surface area contributed by atoms with Gasteiger partial charge in [-0.1, -0.05) is 97.1 Å². The van der Waals surface area contributed by atoms with Gasteiger partial charge in [0.2, 0.25) is 0 Å². The van der Waals surface area contributed by atoms with E-state index in [1.54, 1.807) is 0 Å². The van der Waals surface area contributed by atoms with Crippen LogP contribution in [-0.2, 0) is 0 Å². The van der Waals surface area contributed by atoms with E-state index in [4.69, 9.17) is 0 Å². The Labute approximate surface area is 165 Å². The molecule has 0 saturated carbocycles. The highest BCUT2D eigenvalue weighted by atomic mass is 16.2. The predicted molar refractivity (Wildman–Crippen MR) is 116 cm³/mol. The number of fused-ring (bicyclic) bond motifs is 1. The number of hydrogen-bond donors (Lipinski definition) is 2. The fraction of sp³-hybridized carbons (Fsp3) is 0.0800. The molecule has 3 heteroatoms. The van der Waals surface area contributed by atoms with E-state index in [0.29, 0.717) is 6.54 Å². The lowest BCUT2D eigenvalue weighted by Crippen LogP contribution is -2.32. The Bertz CT molecular complexity index is 1020. The van der Waals surface area contributed by atoms with E-state index >= 15 is 0 Å². The lowest BCUT2D eigenvalue weighted by atomic mass is 9.91. The average molecular weight is 366 g/mol. The molecule has 0 aliphatic heterocycles. The molecule has 0 bridgehead atoms. The van der Waals surface area contributed by atoms with Crippen molar-refractivity contribution < 1.29 is 4.79 Å². The van der Waals surface area contributed by atoms with Crippen molar-refractivity contribution in [1.82, 2.24) is 5.32 Å². The lowest BCUT2D eigenvalue weighted by molar-refractivity contribution is 0.252. The monoisotopic (exact) mass is 366 g/mol. The van der Waals surface area contributed by atoms with Crippen LogP contribution in [0.5, 0.6) is 0 Å². The van der Waals surface area contributed by atoms with Crippen molar-refractivity contribution in [2.24, 2.45) is 0 Å². The van der Waals surface area contributed by atoms with E-state index in [9.17, 15) is 4.79 Å². The highest BCUT2D eigenvalue weighted by molar-refractivity contribution is 6.01. The minimum atomic E-state index is -0.201. The fourth-order valence-electron chi connectivity index (χ4n) is 3.49. The molecule has 138 valence electrons. The maximum Gasteiger partial charge on any atom is 0.319 e. The summed E-state index contributed by atoms with van der Waals surface area (Å²) in [6, 6.07) is 34.3. The molecule has 0 unspecified atom stereocenters. The molecule has 0 heterocycles. The van der Waals surface area contributed by atoms with Gasteiger partial charge < -0.3 is 10.6 Å². The second-order valence-electron chi connectivity index (χ2n) is 6.74. The number of urea groups is 1. The van der Waals surface area contributed by atoms with Crippen LogP contribution in [0, 0.1) is 0 Å². The third kappa shape index (κ3) is 4.04. The first-order valence-electron chi connectivity index (χ1n) is 9.44. The Hall–Kier alpha value is -3.59. The first-order chi connectivity index (χ1) is 13.8. The van der Waals surface area contributed by atoms with Crippen molar-refractivity contribution in [3.8, 4) is 0 Å². The molecule has 4 rings (SSSR count). The van der Waals surface area contributed by atoms with Crippen molar-refractivity contribution in [2.75, 3.05) is 11.9 Å². The van der Waals surface area contributed by atoms with Gasteiger partial charge in [-0.05, 0) is 22.6 Å². The number of amides is 2. The van der Waals surface area contributed by atoms with Crippen LogP contribution in [0.4, 0.5) is 10.5 Å². The van der Waals surface area contributed by atoms with Crippen LogP contribution in [0.2, 0.25) is 0 Å². The van der Waals surface area contributed by atoms with Crippen LogP contribution in [0.3, 0.4) is 0 Å². The summed E-state index contributed by atoms with van der Waals surface area (Å²) in [5, 5.41) is 8.17. The molecule has 0 atom stereocenters. The summed E-state index contributed by atoms with van der Waals surface area (Å²) in [7, 11) is 0. The van der Waals surface area contributed by atoms with Crippen LogP contribution in [0.15, 0.2) is 103 Å². The van der Waals surface area contributed by atoms with E-state index in [0.717, 1.165) is 16.5 Å². The molecule has 28 heavy (non-hydrogen) atoms. The maximum absolute atomic E-state index is 12.6. The van der Waals surface area contributed by atoms with Gasteiger partial charge in [0.25, 0.3) is 0 Å². The molecule has 0 fully saturated rings. The van der Waals surface area contributed by atoms with Crippen molar-refractivity contribution in [3.63, 3.8) is 0 Å². The standard InChI is InChI=1S/C25H22N2O/c28-25(27-24-17-9-15-19-14-7-8-16-22(19)24)26-18-23(20-10-3-1-4-11-20)21-12-5-2-6-13-21/h1-17,23H,18H2,(H2,26,27,28). The zero-order chi connectivity index (χ0) is 19.2. The molecule has 0 aromatic heterocycles. The van der Waals surface area contributed by atoms with E-state index in [1.807, 2.05) is 78.9 Å². The quantitative estimate of drug-likeness (QED) is 0.461. The third-order valence-electron chi connectivity index (χ3n) is 4.91. The van der Waals surface area contributed by atoms with E-state index < -0.39 is 0 Å². The molecular weight excluding hydrogens is 344 g/mol. The van der Waals surface area contributed by atoms with E-state index in [1.165, 1.54) is 11.1 Å². The molecule has 4 aromatic carbocycles. The normalized spacial score (nSPS) is 10.8. The van der Waals surface area contributed by atoms with Crippen molar-refractivity contribution >= 4 is 22.5 Å². The highest BCUT2D eigenvalue weighted by Crippen LogP contribution is 2.25. The van der Waals surface area contributed by atoms with Gasteiger partial charge in [-0.15, -0.1) is 0 Å². The molecule has 4 aromatic rings. The van der Waals surface area contributed by atoms with Gasteiger partial charge >= 0.3 is 6.03 Å². The zero-order valence-electron chi connectivity index (χ0n) is 15.5. The second kappa shape index (κ2) is 8.40. The van der Waals surface area contributed by atoms with E-state index in [-0.39, 0.29) is 11.9 Å². The third-order valence-corrected chi connectivity index (χ3v) is 4.91. The summed E-state index contributed by atoms with van der Waals surface area (Å²) in [5.74, 6) is 0.0978. The largest absolute Gasteiger partial charge is 0.337 e. The summed E-state index contributed by atoms with van der Waals surface area (Å²) < 4.78 is 0. The van der Waals surface area contributed by atoms with Crippen LogP contribution < -0.4 is 10.6 Å². The Morgan fingerprint density at radius 3 is 1.93 bits per heavy atom. The summed E-state index contributed by atoms with van der Waals surface area (Å²) in [6.07, 6.45) is 0. The summed E-state index contributed by atoms with van der Waals surface area (Å²) in [4.78, 5) is 12.6. The van der Waals surface area contributed by atoms with Gasteiger partial charge in [0.1, 0.15) is 0 Å². The molecule has 0 radical (unpaired) electrons. The molecule has 0 aliphatic carbocycles. The van der Waals surface area contributed by atoms with Gasteiger partial charge in [-0.25, -0.2) is 4.79 Å². The summed E-state index contributed by atoms with van der Waals surface area (Å²) in [6.45, 7) is 0.518. The topological polar surface area (TPSA) is 41.1 Å². The molecule has 3 nitrogen and oxygen atoms in total. The second-order valence-corrected chi connectivity index (χ2v) is 6.74. The van der Waals surface area contributed by atoms with Gasteiger partial charge in [-0.3, -0.25) is 0 Å². The number of carbonyl (C=O) groups excluding carboxylic acids is 1. The van der Waals surface area contributed by atoms with Crippen LogP contribution in [0.25, 0.3) is 10.8 Å². The Morgan fingerprint density at radius 2 is 1.25 bits per heavy atom. The Kier molecular flexibility index (Phi) is 5.34. The molecule has 0 saturated heterocycles. The highest BCUT2D eigenvalue weighted by Gasteiger charge is 2.15. The molecule has 2 amide bonds. The minimum absolute atomic E-state index is 0.0978. The van der Waals surface area contributed by atoms with Crippen molar-refractivity contribution in [3.05, 3.63) is 114 Å². The maximum atomic E-state index is 12.6. The number of hydrogen-bond acceptors (Lipinski definition) is 1. The van der Waals surface area contributed by atoms with Gasteiger partial charge in [0.15, 0.2) is 0 Å². The number of nitrogens with one attached hydrogen (secondary N) is 2. The van der Waals surface area contributed by atoms with Crippen LogP contribution in [-0.4, -0.2) is 12.6 Å². The fourth-order valence-corrected chi connectivity index (χ4v) is 3.49. The van der Waals surface area contributed by atoms with Crippen LogP contribution in [0.1, 0.15) is 17.0 Å². The number of anilines is 1. The van der Waals surface area contributed by atoms with Gasteiger partial charge in [-0.2, -0.15) is 0 Å². The lowest BCUT2D eigenvalue weighted by Gasteiger charge is -2.19. The van der Waals surface area contributed by atoms with E-state index in [2.05, 4.69) is 34.9 Å². The Balaban J connectivity index is 1.50. The minimum Gasteiger partial charge on any atom is -0.337 e. The number of benzene rings is 4. The molecule has 2 N–H and O–H groups in total. The molecule has 0 aliphatic rings. The van der Waals surface area contributed by atoms with Crippen LogP contribution >= 0.6 is 0 Å². The summed E-state index contributed by atoms with van der Waals surface area (Å²) >= 11 is 0. The van der Waals surface area contributed by atoms with Crippen molar-refractivity contribution in [1.29, 1.82) is 0 Å². The predicted octanol–water partition coefficient (Wildman–Crippen LogP) is 5.79. The number of rotatable bonds is 5. The van der Waals surface area contributed by atoms with Gasteiger partial charge in [0.05, 0.1) is 5.69 Å². The first-order valence-corrected chi connectivity index (χ1v) is 9.44. The van der Waals surface area contributed by atoms with Crippen molar-refractivity contribution in [2.45, 2.75) is 5.92 Å². The number of carbonyl (C=O) groups is 1. The smallest absolute Gasteiger partial charge is 0.319 e. The summed E-state index contributed by atoms with van der Waals surface area (Å²) in [5.41, 5.74) is 3.17. The zero-order valence-corrected chi connectivity index (χ0v) is 15.5. The average Bonchev–Trinajstić information content (AvgIpc) is 2.76. The Morgan fingerprint density at radius 1 is 0.679 bits per heavy atom. The molecule has 0 spiro atoms. The molecular formula is C25H22N2O. The first kappa shape index (κ1) is 17.8. The van der Waals surface area contributed by atoms with Gasteiger partial charge in [0, 0.05) is 17.8 Å².